The highest BCUT2D eigenvalue weighted by atomic mass is 35.5. The number of fused-ring (bicyclic) bond motifs is 1. The van der Waals surface area contributed by atoms with Gasteiger partial charge in [-0.25, -0.2) is 19.7 Å². The van der Waals surface area contributed by atoms with Crippen molar-refractivity contribution in [1.29, 1.82) is 0 Å². The summed E-state index contributed by atoms with van der Waals surface area (Å²) in [4.78, 5) is 25.2. The van der Waals surface area contributed by atoms with Gasteiger partial charge < -0.3 is 9.47 Å². The number of benzene rings is 1. The fourth-order valence-corrected chi connectivity index (χ4v) is 2.90. The van der Waals surface area contributed by atoms with Crippen LogP contribution in [0, 0.1) is 0 Å². The summed E-state index contributed by atoms with van der Waals surface area (Å²) >= 11 is 7.73. The Labute approximate surface area is 153 Å². The lowest BCUT2D eigenvalue weighted by Gasteiger charge is -2.10. The molecule has 0 N–H and O–H groups in total. The van der Waals surface area contributed by atoms with Crippen LogP contribution in [-0.4, -0.2) is 41.4 Å². The summed E-state index contributed by atoms with van der Waals surface area (Å²) in [5, 5.41) is 0.880. The van der Waals surface area contributed by atoms with Crippen molar-refractivity contribution in [2.24, 2.45) is 0 Å². The summed E-state index contributed by atoms with van der Waals surface area (Å²) < 4.78 is 9.93. The minimum atomic E-state index is -0.571. The van der Waals surface area contributed by atoms with Crippen molar-refractivity contribution < 1.29 is 14.3 Å². The molecule has 0 spiro atoms. The zero-order valence-corrected chi connectivity index (χ0v) is 15.3. The van der Waals surface area contributed by atoms with Crippen LogP contribution in [0.25, 0.3) is 22.3 Å². The molecule has 0 amide bonds. The first kappa shape index (κ1) is 17.4. The molecule has 3 rings (SSSR count). The Morgan fingerprint density at radius 3 is 2.40 bits per heavy atom. The average Bonchev–Trinajstić information content (AvgIpc) is 2.66. The highest BCUT2D eigenvalue weighted by Crippen LogP contribution is 2.32. The maximum Gasteiger partial charge on any atom is 0.356 e. The van der Waals surface area contributed by atoms with Gasteiger partial charge in [-0.2, -0.15) is 0 Å². The standard InChI is InChI=1S/C17H14ClN3O3S/c1-23-10-6-4-9(5-7-10)13-15-14(21-17(20-13)25-3)11(18)8-12(19-15)16(22)24-2/h4-8H,1-3H3. The Kier molecular flexibility index (Phi) is 5.06. The molecule has 2 heterocycles. The summed E-state index contributed by atoms with van der Waals surface area (Å²) in [5.74, 6) is 0.159. The van der Waals surface area contributed by atoms with Crippen LogP contribution in [0.2, 0.25) is 5.02 Å². The van der Waals surface area contributed by atoms with E-state index in [2.05, 4.69) is 15.0 Å². The Morgan fingerprint density at radius 2 is 1.80 bits per heavy atom. The van der Waals surface area contributed by atoms with E-state index in [0.29, 0.717) is 26.9 Å². The third-order valence-electron chi connectivity index (χ3n) is 3.53. The minimum Gasteiger partial charge on any atom is -0.497 e. The van der Waals surface area contributed by atoms with Crippen LogP contribution in [0.3, 0.4) is 0 Å². The number of hydrogen-bond donors (Lipinski definition) is 0. The van der Waals surface area contributed by atoms with E-state index in [1.165, 1.54) is 24.9 Å². The minimum absolute atomic E-state index is 0.107. The molecule has 0 bridgehead atoms. The van der Waals surface area contributed by atoms with E-state index in [4.69, 9.17) is 21.1 Å². The van der Waals surface area contributed by atoms with Gasteiger partial charge in [-0.05, 0) is 36.6 Å². The molecule has 6 nitrogen and oxygen atoms in total. The number of carbonyl (C=O) groups excluding carboxylic acids is 1. The van der Waals surface area contributed by atoms with Crippen molar-refractivity contribution in [3.63, 3.8) is 0 Å². The second kappa shape index (κ2) is 7.25. The maximum atomic E-state index is 11.9. The number of hydrogen-bond acceptors (Lipinski definition) is 7. The lowest BCUT2D eigenvalue weighted by molar-refractivity contribution is 0.0594. The molecule has 0 aliphatic heterocycles. The molecule has 0 aliphatic carbocycles. The molecule has 0 aliphatic rings. The monoisotopic (exact) mass is 375 g/mol. The normalized spacial score (nSPS) is 10.7. The van der Waals surface area contributed by atoms with Gasteiger partial charge in [0.15, 0.2) is 10.9 Å². The topological polar surface area (TPSA) is 74.2 Å². The van der Waals surface area contributed by atoms with Crippen molar-refractivity contribution in [2.75, 3.05) is 20.5 Å². The molecule has 2 aromatic heterocycles. The van der Waals surface area contributed by atoms with Crippen LogP contribution in [0.15, 0.2) is 35.5 Å². The Morgan fingerprint density at radius 1 is 1.08 bits per heavy atom. The van der Waals surface area contributed by atoms with Crippen molar-refractivity contribution in [3.05, 3.63) is 41.0 Å². The molecular weight excluding hydrogens is 362 g/mol. The first-order valence-corrected chi connectivity index (χ1v) is 8.82. The van der Waals surface area contributed by atoms with E-state index in [9.17, 15) is 4.79 Å². The molecule has 0 unspecified atom stereocenters. The van der Waals surface area contributed by atoms with Crippen LogP contribution in [-0.2, 0) is 4.74 Å². The summed E-state index contributed by atoms with van der Waals surface area (Å²) in [6.07, 6.45) is 1.88. The van der Waals surface area contributed by atoms with Gasteiger partial charge in [0.05, 0.1) is 19.2 Å². The number of methoxy groups -OCH3 is 2. The van der Waals surface area contributed by atoms with Gasteiger partial charge in [0.1, 0.15) is 22.5 Å². The summed E-state index contributed by atoms with van der Waals surface area (Å²) in [6, 6.07) is 8.84. The van der Waals surface area contributed by atoms with Crippen LogP contribution in [0.4, 0.5) is 0 Å². The molecule has 0 atom stereocenters. The van der Waals surface area contributed by atoms with E-state index in [0.717, 1.165) is 11.3 Å². The molecule has 0 fully saturated rings. The molecule has 25 heavy (non-hydrogen) atoms. The van der Waals surface area contributed by atoms with Crippen molar-refractivity contribution >= 4 is 40.4 Å². The first-order valence-electron chi connectivity index (χ1n) is 7.22. The molecule has 0 radical (unpaired) electrons. The van der Waals surface area contributed by atoms with E-state index >= 15 is 0 Å². The summed E-state index contributed by atoms with van der Waals surface area (Å²) in [7, 11) is 2.89. The highest BCUT2D eigenvalue weighted by molar-refractivity contribution is 7.98. The smallest absolute Gasteiger partial charge is 0.356 e. The Hall–Kier alpha value is -2.38. The summed E-state index contributed by atoms with van der Waals surface area (Å²) in [5.41, 5.74) is 2.43. The third-order valence-corrected chi connectivity index (χ3v) is 4.36. The van der Waals surface area contributed by atoms with Gasteiger partial charge in [0, 0.05) is 5.56 Å². The average molecular weight is 376 g/mol. The Bertz CT molecular complexity index is 948. The predicted molar refractivity (Wildman–Crippen MR) is 97.5 cm³/mol. The Balaban J connectivity index is 2.30. The molecule has 0 saturated carbocycles. The largest absolute Gasteiger partial charge is 0.497 e. The number of rotatable bonds is 4. The third kappa shape index (κ3) is 3.38. The van der Waals surface area contributed by atoms with Crippen molar-refractivity contribution in [1.82, 2.24) is 15.0 Å². The van der Waals surface area contributed by atoms with Crippen LogP contribution in [0.5, 0.6) is 5.75 Å². The second-order valence-corrected chi connectivity index (χ2v) is 6.15. The zero-order valence-electron chi connectivity index (χ0n) is 13.7. The quantitative estimate of drug-likeness (QED) is 0.389. The van der Waals surface area contributed by atoms with Gasteiger partial charge in [-0.3, -0.25) is 0 Å². The van der Waals surface area contributed by atoms with Crippen LogP contribution < -0.4 is 4.74 Å². The highest BCUT2D eigenvalue weighted by Gasteiger charge is 2.18. The van der Waals surface area contributed by atoms with E-state index < -0.39 is 5.97 Å². The molecule has 1 aromatic carbocycles. The SMILES string of the molecule is COC(=O)c1cc(Cl)c2nc(SC)nc(-c3ccc(OC)cc3)c2n1. The van der Waals surface area contributed by atoms with E-state index in [1.54, 1.807) is 7.11 Å². The number of carbonyl (C=O) groups is 1. The van der Waals surface area contributed by atoms with Gasteiger partial charge >= 0.3 is 5.97 Å². The number of nitrogens with zero attached hydrogens (tertiary/aromatic N) is 3. The molecular formula is C17H14ClN3O3S. The summed E-state index contributed by atoms with van der Waals surface area (Å²) in [6.45, 7) is 0. The number of pyridine rings is 1. The number of aromatic nitrogens is 3. The van der Waals surface area contributed by atoms with Crippen LogP contribution >= 0.6 is 23.4 Å². The molecule has 8 heteroatoms. The van der Waals surface area contributed by atoms with E-state index in [-0.39, 0.29) is 5.69 Å². The number of esters is 1. The maximum absolute atomic E-state index is 11.9. The first-order chi connectivity index (χ1) is 12.1. The molecule has 0 saturated heterocycles. The van der Waals surface area contributed by atoms with Gasteiger partial charge in [0.25, 0.3) is 0 Å². The lowest BCUT2D eigenvalue weighted by Crippen LogP contribution is -2.06. The van der Waals surface area contributed by atoms with Crippen LogP contribution in [0.1, 0.15) is 10.5 Å². The van der Waals surface area contributed by atoms with Gasteiger partial charge in [-0.15, -0.1) is 0 Å². The number of thioether (sulfide) groups is 1. The van der Waals surface area contributed by atoms with Crippen molar-refractivity contribution in [2.45, 2.75) is 5.16 Å². The fourth-order valence-electron chi connectivity index (χ4n) is 2.30. The van der Waals surface area contributed by atoms with Crippen molar-refractivity contribution in [3.8, 4) is 17.0 Å². The number of halogens is 1. The van der Waals surface area contributed by atoms with E-state index in [1.807, 2.05) is 30.5 Å². The number of ether oxygens (including phenoxy) is 2. The van der Waals surface area contributed by atoms with Gasteiger partial charge in [0.2, 0.25) is 0 Å². The fraction of sp³-hybridized carbons (Fsp3) is 0.176. The molecule has 128 valence electrons. The predicted octanol–water partition coefficient (Wildman–Crippen LogP) is 3.86. The molecule has 3 aromatic rings. The lowest BCUT2D eigenvalue weighted by atomic mass is 10.1. The zero-order chi connectivity index (χ0) is 18.0. The second-order valence-electron chi connectivity index (χ2n) is 4.97. The van der Waals surface area contributed by atoms with Gasteiger partial charge in [-0.1, -0.05) is 23.4 Å².